The number of nitrogen functional groups attached to an aromatic ring is 1. The van der Waals surface area contributed by atoms with Crippen molar-refractivity contribution < 1.29 is 9.53 Å². The van der Waals surface area contributed by atoms with Crippen molar-refractivity contribution in [2.75, 3.05) is 12.8 Å². The highest BCUT2D eigenvalue weighted by Gasteiger charge is 2.08. The van der Waals surface area contributed by atoms with E-state index in [0.29, 0.717) is 17.0 Å². The zero-order chi connectivity index (χ0) is 11.4. The predicted octanol–water partition coefficient (Wildman–Crippen LogP) is 1.42. The van der Waals surface area contributed by atoms with E-state index >= 15 is 0 Å². The lowest BCUT2D eigenvalue weighted by atomic mass is 10.1. The van der Waals surface area contributed by atoms with Gasteiger partial charge in [0, 0.05) is 11.6 Å². The lowest BCUT2D eigenvalue weighted by Gasteiger charge is -2.10. The Morgan fingerprint density at radius 3 is 2.60 bits per heavy atom. The predicted molar refractivity (Wildman–Crippen MR) is 60.0 cm³/mol. The van der Waals surface area contributed by atoms with Crippen LogP contribution in [0.25, 0.3) is 0 Å². The number of ether oxygens (including phenoxy) is 1. The minimum atomic E-state index is -0.126. The summed E-state index contributed by atoms with van der Waals surface area (Å²) >= 11 is 0. The Balaban J connectivity index is 2.87. The van der Waals surface area contributed by atoms with E-state index in [9.17, 15) is 4.79 Å². The quantitative estimate of drug-likeness (QED) is 0.738. The number of benzene rings is 1. The number of hydrogen-bond acceptors (Lipinski definition) is 3. The summed E-state index contributed by atoms with van der Waals surface area (Å²) in [6.45, 7) is 3.82. The Morgan fingerprint density at radius 1 is 1.47 bits per heavy atom. The molecule has 0 fully saturated rings. The highest BCUT2D eigenvalue weighted by Crippen LogP contribution is 2.21. The van der Waals surface area contributed by atoms with Gasteiger partial charge in [-0.05, 0) is 32.0 Å². The highest BCUT2D eigenvalue weighted by atomic mass is 16.5. The van der Waals surface area contributed by atoms with E-state index in [1.165, 1.54) is 0 Å². The number of hydrogen-bond donors (Lipinski definition) is 2. The zero-order valence-corrected chi connectivity index (χ0v) is 9.20. The van der Waals surface area contributed by atoms with E-state index < -0.39 is 0 Å². The fraction of sp³-hybridized carbons (Fsp3) is 0.364. The molecule has 15 heavy (non-hydrogen) atoms. The minimum Gasteiger partial charge on any atom is -0.495 e. The molecular formula is C11H16N2O2. The fourth-order valence-electron chi connectivity index (χ4n) is 1.22. The lowest BCUT2D eigenvalue weighted by Crippen LogP contribution is -2.30. The lowest BCUT2D eigenvalue weighted by molar-refractivity contribution is 0.0943. The van der Waals surface area contributed by atoms with Crippen LogP contribution in [-0.2, 0) is 0 Å². The third-order valence-corrected chi connectivity index (χ3v) is 1.91. The number of rotatable bonds is 3. The molecule has 0 aliphatic carbocycles. The number of amides is 1. The first-order chi connectivity index (χ1) is 7.04. The van der Waals surface area contributed by atoms with Crippen molar-refractivity contribution in [3.05, 3.63) is 23.8 Å². The second-order valence-corrected chi connectivity index (χ2v) is 3.58. The van der Waals surface area contributed by atoms with Gasteiger partial charge in [-0.3, -0.25) is 4.79 Å². The first kappa shape index (κ1) is 11.4. The molecule has 3 N–H and O–H groups in total. The maximum Gasteiger partial charge on any atom is 0.251 e. The molecule has 0 bridgehead atoms. The van der Waals surface area contributed by atoms with Crippen molar-refractivity contribution in [2.45, 2.75) is 19.9 Å². The largest absolute Gasteiger partial charge is 0.495 e. The van der Waals surface area contributed by atoms with Gasteiger partial charge in [0.1, 0.15) is 5.75 Å². The van der Waals surface area contributed by atoms with Crippen molar-refractivity contribution in [3.63, 3.8) is 0 Å². The van der Waals surface area contributed by atoms with Crippen LogP contribution in [0.4, 0.5) is 5.69 Å². The molecule has 82 valence electrons. The van der Waals surface area contributed by atoms with E-state index in [1.54, 1.807) is 25.3 Å². The summed E-state index contributed by atoms with van der Waals surface area (Å²) in [5.74, 6) is 0.454. The number of nitrogens with one attached hydrogen (secondary N) is 1. The molecule has 0 atom stereocenters. The minimum absolute atomic E-state index is 0.112. The van der Waals surface area contributed by atoms with Gasteiger partial charge in [0.25, 0.3) is 5.91 Å². The van der Waals surface area contributed by atoms with Gasteiger partial charge in [-0.25, -0.2) is 0 Å². The molecule has 0 unspecified atom stereocenters. The Labute approximate surface area is 89.4 Å². The highest BCUT2D eigenvalue weighted by molar-refractivity contribution is 5.95. The molecule has 4 nitrogen and oxygen atoms in total. The van der Waals surface area contributed by atoms with Crippen molar-refractivity contribution in [3.8, 4) is 5.75 Å². The van der Waals surface area contributed by atoms with Crippen LogP contribution in [0.3, 0.4) is 0 Å². The topological polar surface area (TPSA) is 64.3 Å². The molecule has 1 rings (SSSR count). The molecule has 4 heteroatoms. The fourth-order valence-corrected chi connectivity index (χ4v) is 1.22. The summed E-state index contributed by atoms with van der Waals surface area (Å²) < 4.78 is 5.00. The van der Waals surface area contributed by atoms with Crippen LogP contribution < -0.4 is 15.8 Å². The van der Waals surface area contributed by atoms with Crippen LogP contribution in [0.1, 0.15) is 24.2 Å². The van der Waals surface area contributed by atoms with Gasteiger partial charge in [-0.2, -0.15) is 0 Å². The van der Waals surface area contributed by atoms with Gasteiger partial charge in [0.05, 0.1) is 12.8 Å². The average molecular weight is 208 g/mol. The molecular weight excluding hydrogens is 192 g/mol. The standard InChI is InChI=1S/C11H16N2O2/c1-7(2)13-11(14)8-4-5-10(15-3)9(12)6-8/h4-7H,12H2,1-3H3,(H,13,14). The van der Waals surface area contributed by atoms with E-state index in [0.717, 1.165) is 0 Å². The summed E-state index contributed by atoms with van der Waals surface area (Å²) in [4.78, 5) is 11.6. The van der Waals surface area contributed by atoms with Gasteiger partial charge >= 0.3 is 0 Å². The monoisotopic (exact) mass is 208 g/mol. The van der Waals surface area contributed by atoms with E-state index in [4.69, 9.17) is 10.5 Å². The van der Waals surface area contributed by atoms with Gasteiger partial charge in [-0.1, -0.05) is 0 Å². The molecule has 0 aromatic heterocycles. The molecule has 0 saturated heterocycles. The SMILES string of the molecule is COc1ccc(C(=O)NC(C)C)cc1N. The van der Waals surface area contributed by atoms with Crippen LogP contribution in [0, 0.1) is 0 Å². The first-order valence-corrected chi connectivity index (χ1v) is 4.79. The average Bonchev–Trinajstić information content (AvgIpc) is 2.16. The number of carbonyl (C=O) groups is 1. The van der Waals surface area contributed by atoms with Crippen molar-refractivity contribution in [1.82, 2.24) is 5.32 Å². The molecule has 0 radical (unpaired) electrons. The third kappa shape index (κ3) is 2.87. The van der Waals surface area contributed by atoms with Gasteiger partial charge in [0.15, 0.2) is 0 Å². The smallest absolute Gasteiger partial charge is 0.251 e. The molecule has 1 aromatic rings. The maximum absolute atomic E-state index is 11.6. The van der Waals surface area contributed by atoms with Gasteiger partial charge in [0.2, 0.25) is 0 Å². The second kappa shape index (κ2) is 4.68. The maximum atomic E-state index is 11.6. The van der Waals surface area contributed by atoms with Crippen LogP contribution in [0.5, 0.6) is 5.75 Å². The molecule has 0 heterocycles. The van der Waals surface area contributed by atoms with Crippen LogP contribution in [0.15, 0.2) is 18.2 Å². The van der Waals surface area contributed by atoms with Crippen LogP contribution in [0.2, 0.25) is 0 Å². The normalized spacial score (nSPS) is 10.1. The van der Waals surface area contributed by atoms with Crippen molar-refractivity contribution >= 4 is 11.6 Å². The zero-order valence-electron chi connectivity index (χ0n) is 9.20. The third-order valence-electron chi connectivity index (χ3n) is 1.91. The van der Waals surface area contributed by atoms with Crippen molar-refractivity contribution in [1.29, 1.82) is 0 Å². The summed E-state index contributed by atoms with van der Waals surface area (Å²) in [5.41, 5.74) is 6.71. The molecule has 0 aliphatic heterocycles. The Hall–Kier alpha value is -1.71. The van der Waals surface area contributed by atoms with E-state index in [2.05, 4.69) is 5.32 Å². The molecule has 0 aliphatic rings. The van der Waals surface area contributed by atoms with E-state index in [1.807, 2.05) is 13.8 Å². The summed E-state index contributed by atoms with van der Waals surface area (Å²) in [6.07, 6.45) is 0. The Kier molecular flexibility index (Phi) is 3.55. The number of anilines is 1. The first-order valence-electron chi connectivity index (χ1n) is 4.79. The van der Waals surface area contributed by atoms with Gasteiger partial charge < -0.3 is 15.8 Å². The van der Waals surface area contributed by atoms with Crippen molar-refractivity contribution in [2.24, 2.45) is 0 Å². The van der Waals surface area contributed by atoms with E-state index in [-0.39, 0.29) is 11.9 Å². The second-order valence-electron chi connectivity index (χ2n) is 3.58. The van der Waals surface area contributed by atoms with Gasteiger partial charge in [-0.15, -0.1) is 0 Å². The molecule has 1 amide bonds. The number of methoxy groups -OCH3 is 1. The Bertz CT molecular complexity index is 362. The summed E-state index contributed by atoms with van der Waals surface area (Å²) in [5, 5.41) is 2.79. The number of carbonyl (C=O) groups excluding carboxylic acids is 1. The Morgan fingerprint density at radius 2 is 2.13 bits per heavy atom. The summed E-state index contributed by atoms with van der Waals surface area (Å²) in [6, 6.07) is 5.09. The molecule has 1 aromatic carbocycles. The number of nitrogens with two attached hydrogens (primary N) is 1. The van der Waals surface area contributed by atoms with Crippen LogP contribution >= 0.6 is 0 Å². The molecule has 0 saturated carbocycles. The molecule has 0 spiro atoms. The summed E-state index contributed by atoms with van der Waals surface area (Å²) in [7, 11) is 1.54. The van der Waals surface area contributed by atoms with Crippen LogP contribution in [-0.4, -0.2) is 19.1 Å².